The van der Waals surface area contributed by atoms with Gasteiger partial charge >= 0.3 is 0 Å². The lowest BCUT2D eigenvalue weighted by Gasteiger charge is -2.15. The number of pyridine rings is 1. The Morgan fingerprint density at radius 2 is 2.00 bits per heavy atom. The Labute approximate surface area is 137 Å². The molecule has 0 amide bonds. The molecule has 0 aliphatic heterocycles. The quantitative estimate of drug-likeness (QED) is 0.721. The Hall–Kier alpha value is -1.42. The molecular weight excluding hydrogens is 348 g/mol. The van der Waals surface area contributed by atoms with E-state index >= 15 is 0 Å². The van der Waals surface area contributed by atoms with Gasteiger partial charge in [0, 0.05) is 27.1 Å². The van der Waals surface area contributed by atoms with Gasteiger partial charge in [0.1, 0.15) is 0 Å². The third-order valence-electron chi connectivity index (χ3n) is 3.53. The molecule has 21 heavy (non-hydrogen) atoms. The molecule has 4 heteroatoms. The van der Waals surface area contributed by atoms with Crippen LogP contribution >= 0.6 is 27.5 Å². The first kappa shape index (κ1) is 14.5. The molecule has 2 aromatic carbocycles. The van der Waals surface area contributed by atoms with Crippen molar-refractivity contribution in [2.45, 2.75) is 12.5 Å². The summed E-state index contributed by atoms with van der Waals surface area (Å²) in [6.45, 7) is 0. The molecule has 0 aliphatic rings. The molecule has 1 heterocycles. The number of nitrogens with zero attached hydrogens (tertiary/aromatic N) is 1. The van der Waals surface area contributed by atoms with Crippen LogP contribution in [-0.4, -0.2) is 4.98 Å². The molecule has 0 fully saturated rings. The Kier molecular flexibility index (Phi) is 4.24. The van der Waals surface area contributed by atoms with Crippen molar-refractivity contribution in [1.82, 2.24) is 4.98 Å². The minimum atomic E-state index is -0.114. The highest BCUT2D eigenvalue weighted by molar-refractivity contribution is 9.10. The van der Waals surface area contributed by atoms with Crippen molar-refractivity contribution in [3.8, 4) is 0 Å². The molecule has 3 aromatic rings. The van der Waals surface area contributed by atoms with Crippen LogP contribution in [0.25, 0.3) is 10.9 Å². The van der Waals surface area contributed by atoms with Gasteiger partial charge in [0.2, 0.25) is 0 Å². The fourth-order valence-electron chi connectivity index (χ4n) is 2.48. The Balaban J connectivity index is 1.95. The summed E-state index contributed by atoms with van der Waals surface area (Å²) in [5.41, 5.74) is 9.51. The molecule has 1 atom stereocenters. The minimum absolute atomic E-state index is 0.114. The van der Waals surface area contributed by atoms with Gasteiger partial charge in [-0.1, -0.05) is 51.8 Å². The van der Waals surface area contributed by atoms with Crippen LogP contribution in [0.15, 0.2) is 59.2 Å². The largest absolute Gasteiger partial charge is 0.324 e. The molecule has 1 unspecified atom stereocenters. The van der Waals surface area contributed by atoms with E-state index in [2.05, 4.69) is 33.0 Å². The van der Waals surface area contributed by atoms with Crippen molar-refractivity contribution in [2.75, 3.05) is 0 Å². The SMILES string of the molecule is NC(Cc1ccc(Br)cc1Cl)c1cccc2ncccc12. The summed E-state index contributed by atoms with van der Waals surface area (Å²) in [5.74, 6) is 0. The number of halogens is 2. The van der Waals surface area contributed by atoms with Gasteiger partial charge in [-0.2, -0.15) is 0 Å². The molecule has 1 aromatic heterocycles. The standard InChI is InChI=1S/C17H14BrClN2/c18-12-7-6-11(15(19)10-12)9-16(20)13-3-1-5-17-14(13)4-2-8-21-17/h1-8,10,16H,9,20H2. The predicted octanol–water partition coefficient (Wildman–Crippen LogP) is 4.89. The van der Waals surface area contributed by atoms with Gasteiger partial charge in [-0.05, 0) is 41.8 Å². The summed E-state index contributed by atoms with van der Waals surface area (Å²) >= 11 is 9.70. The van der Waals surface area contributed by atoms with E-state index in [1.807, 2.05) is 36.4 Å². The average molecular weight is 362 g/mol. The first-order valence-corrected chi connectivity index (χ1v) is 7.85. The lowest BCUT2D eigenvalue weighted by molar-refractivity contribution is 0.728. The first-order chi connectivity index (χ1) is 10.1. The number of nitrogens with two attached hydrogens (primary N) is 1. The molecular formula is C17H14BrClN2. The van der Waals surface area contributed by atoms with E-state index < -0.39 is 0 Å². The van der Waals surface area contributed by atoms with Crippen molar-refractivity contribution < 1.29 is 0 Å². The Morgan fingerprint density at radius 1 is 1.14 bits per heavy atom. The van der Waals surface area contributed by atoms with Crippen LogP contribution in [0.4, 0.5) is 0 Å². The summed E-state index contributed by atoms with van der Waals surface area (Å²) in [7, 11) is 0. The number of aromatic nitrogens is 1. The van der Waals surface area contributed by atoms with E-state index in [9.17, 15) is 0 Å². The second-order valence-electron chi connectivity index (χ2n) is 4.96. The van der Waals surface area contributed by atoms with Crippen LogP contribution in [0.2, 0.25) is 5.02 Å². The highest BCUT2D eigenvalue weighted by Gasteiger charge is 2.12. The fraction of sp³-hybridized carbons (Fsp3) is 0.118. The van der Waals surface area contributed by atoms with Gasteiger partial charge in [-0.25, -0.2) is 0 Å². The summed E-state index contributed by atoms with van der Waals surface area (Å²) in [5, 5.41) is 1.83. The molecule has 2 N–H and O–H groups in total. The fourth-order valence-corrected chi connectivity index (χ4v) is 3.24. The maximum atomic E-state index is 6.40. The molecule has 106 valence electrons. The molecule has 0 radical (unpaired) electrons. The number of rotatable bonds is 3. The molecule has 0 aliphatic carbocycles. The maximum Gasteiger partial charge on any atom is 0.0705 e. The lowest BCUT2D eigenvalue weighted by Crippen LogP contribution is -2.14. The number of hydrogen-bond acceptors (Lipinski definition) is 2. The summed E-state index contributed by atoms with van der Waals surface area (Å²) in [4.78, 5) is 4.37. The van der Waals surface area contributed by atoms with Crippen molar-refractivity contribution >= 4 is 38.4 Å². The molecule has 3 rings (SSSR count). The van der Waals surface area contributed by atoms with Gasteiger partial charge in [0.05, 0.1) is 5.52 Å². The van der Waals surface area contributed by atoms with Crippen LogP contribution in [0, 0.1) is 0 Å². The maximum absolute atomic E-state index is 6.40. The third-order valence-corrected chi connectivity index (χ3v) is 4.38. The van der Waals surface area contributed by atoms with Crippen LogP contribution in [0.5, 0.6) is 0 Å². The smallest absolute Gasteiger partial charge is 0.0705 e. The van der Waals surface area contributed by atoms with Gasteiger partial charge < -0.3 is 5.73 Å². The zero-order valence-electron chi connectivity index (χ0n) is 11.3. The van der Waals surface area contributed by atoms with Crippen molar-refractivity contribution in [3.05, 3.63) is 75.4 Å². The molecule has 0 saturated carbocycles. The second-order valence-corrected chi connectivity index (χ2v) is 6.29. The molecule has 0 spiro atoms. The highest BCUT2D eigenvalue weighted by Crippen LogP contribution is 2.28. The first-order valence-electron chi connectivity index (χ1n) is 6.68. The third kappa shape index (κ3) is 3.10. The number of benzene rings is 2. The van der Waals surface area contributed by atoms with E-state index in [4.69, 9.17) is 17.3 Å². The zero-order valence-corrected chi connectivity index (χ0v) is 13.6. The van der Waals surface area contributed by atoms with E-state index in [0.717, 1.165) is 31.5 Å². The van der Waals surface area contributed by atoms with Crippen molar-refractivity contribution in [3.63, 3.8) is 0 Å². The van der Waals surface area contributed by atoms with Gasteiger partial charge in [0.25, 0.3) is 0 Å². The summed E-state index contributed by atoms with van der Waals surface area (Å²) < 4.78 is 0.971. The summed E-state index contributed by atoms with van der Waals surface area (Å²) in [6.07, 6.45) is 2.49. The van der Waals surface area contributed by atoms with E-state index in [1.165, 1.54) is 0 Å². The molecule has 0 saturated heterocycles. The number of fused-ring (bicyclic) bond motifs is 1. The lowest BCUT2D eigenvalue weighted by atomic mass is 9.96. The monoisotopic (exact) mass is 360 g/mol. The number of hydrogen-bond donors (Lipinski definition) is 1. The van der Waals surface area contributed by atoms with E-state index in [0.29, 0.717) is 6.42 Å². The van der Waals surface area contributed by atoms with Crippen molar-refractivity contribution in [2.24, 2.45) is 5.73 Å². The topological polar surface area (TPSA) is 38.9 Å². The van der Waals surface area contributed by atoms with Crippen LogP contribution in [-0.2, 0) is 6.42 Å². The Morgan fingerprint density at radius 3 is 2.81 bits per heavy atom. The van der Waals surface area contributed by atoms with Gasteiger partial charge in [-0.15, -0.1) is 0 Å². The predicted molar refractivity (Wildman–Crippen MR) is 91.5 cm³/mol. The van der Waals surface area contributed by atoms with Crippen LogP contribution < -0.4 is 5.73 Å². The molecule has 2 nitrogen and oxygen atoms in total. The zero-order chi connectivity index (χ0) is 14.8. The van der Waals surface area contributed by atoms with E-state index in [1.54, 1.807) is 6.20 Å². The second kappa shape index (κ2) is 6.14. The van der Waals surface area contributed by atoms with Crippen LogP contribution in [0.3, 0.4) is 0 Å². The van der Waals surface area contributed by atoms with Gasteiger partial charge in [0.15, 0.2) is 0 Å². The summed E-state index contributed by atoms with van der Waals surface area (Å²) in [6, 6.07) is 15.8. The molecule has 0 bridgehead atoms. The van der Waals surface area contributed by atoms with Gasteiger partial charge in [-0.3, -0.25) is 4.98 Å². The van der Waals surface area contributed by atoms with E-state index in [-0.39, 0.29) is 6.04 Å². The minimum Gasteiger partial charge on any atom is -0.324 e. The average Bonchev–Trinajstić information content (AvgIpc) is 2.49. The van der Waals surface area contributed by atoms with Crippen LogP contribution in [0.1, 0.15) is 17.2 Å². The normalized spacial score (nSPS) is 12.5. The Bertz CT molecular complexity index is 783. The highest BCUT2D eigenvalue weighted by atomic mass is 79.9. The van der Waals surface area contributed by atoms with Crippen molar-refractivity contribution in [1.29, 1.82) is 0 Å².